The number of thiophene rings is 1. The van der Waals surface area contributed by atoms with Crippen LogP contribution in [-0.4, -0.2) is 5.78 Å². The molecular formula is C19H12ClFOS. The molecule has 0 unspecified atom stereocenters. The summed E-state index contributed by atoms with van der Waals surface area (Å²) in [5.74, 6) is -0.410. The summed E-state index contributed by atoms with van der Waals surface area (Å²) in [4.78, 5) is 14.2. The number of hydrogen-bond donors (Lipinski definition) is 0. The van der Waals surface area contributed by atoms with Crippen LogP contribution in [0, 0.1) is 5.82 Å². The van der Waals surface area contributed by atoms with Crippen LogP contribution in [0.3, 0.4) is 0 Å². The maximum absolute atomic E-state index is 13.0. The number of benzene rings is 2. The molecule has 1 aromatic heterocycles. The van der Waals surface area contributed by atoms with Gasteiger partial charge in [0.25, 0.3) is 0 Å². The van der Waals surface area contributed by atoms with Crippen LogP contribution < -0.4 is 0 Å². The highest BCUT2D eigenvalue weighted by Crippen LogP contribution is 2.31. The summed E-state index contributed by atoms with van der Waals surface area (Å²) in [5.41, 5.74) is 2.17. The van der Waals surface area contributed by atoms with E-state index in [4.69, 9.17) is 11.6 Å². The smallest absolute Gasteiger partial charge is 0.204 e. The van der Waals surface area contributed by atoms with Crippen molar-refractivity contribution in [3.8, 4) is 10.4 Å². The summed E-state index contributed by atoms with van der Waals surface area (Å²) in [6.45, 7) is 3.70. The van der Waals surface area contributed by atoms with Crippen molar-refractivity contribution in [1.29, 1.82) is 0 Å². The van der Waals surface area contributed by atoms with Crippen molar-refractivity contribution in [2.45, 2.75) is 0 Å². The Labute approximate surface area is 142 Å². The molecule has 4 heteroatoms. The molecule has 0 saturated carbocycles. The van der Waals surface area contributed by atoms with Crippen LogP contribution in [0.4, 0.5) is 4.39 Å². The minimum Gasteiger partial charge on any atom is -0.288 e. The fraction of sp³-hybridized carbons (Fsp3) is 0. The second-order valence-corrected chi connectivity index (χ2v) is 6.43. The highest BCUT2D eigenvalue weighted by molar-refractivity contribution is 7.17. The number of hydrogen-bond acceptors (Lipinski definition) is 2. The maximum atomic E-state index is 13.0. The van der Waals surface area contributed by atoms with E-state index in [1.54, 1.807) is 36.4 Å². The third-order valence-electron chi connectivity index (χ3n) is 3.43. The zero-order chi connectivity index (χ0) is 16.4. The van der Waals surface area contributed by atoms with Crippen molar-refractivity contribution in [3.05, 3.63) is 88.0 Å². The second-order valence-electron chi connectivity index (χ2n) is 4.94. The molecular weight excluding hydrogens is 331 g/mol. The fourth-order valence-corrected chi connectivity index (χ4v) is 3.37. The summed E-state index contributed by atoms with van der Waals surface area (Å²) in [7, 11) is 0. The zero-order valence-corrected chi connectivity index (χ0v) is 13.6. The van der Waals surface area contributed by atoms with Gasteiger partial charge in [0.05, 0.1) is 9.90 Å². The van der Waals surface area contributed by atoms with Crippen LogP contribution in [0.1, 0.15) is 20.8 Å². The molecule has 0 bridgehead atoms. The number of carbonyl (C=O) groups is 1. The lowest BCUT2D eigenvalue weighted by molar-refractivity contribution is 0.104. The van der Waals surface area contributed by atoms with Crippen LogP contribution in [0.2, 0.25) is 5.02 Å². The van der Waals surface area contributed by atoms with Crippen molar-refractivity contribution in [2.75, 3.05) is 0 Å². The van der Waals surface area contributed by atoms with Gasteiger partial charge in [-0.1, -0.05) is 42.5 Å². The van der Waals surface area contributed by atoms with Crippen molar-refractivity contribution in [1.82, 2.24) is 0 Å². The van der Waals surface area contributed by atoms with Gasteiger partial charge in [0.15, 0.2) is 0 Å². The molecule has 0 aliphatic heterocycles. The van der Waals surface area contributed by atoms with Crippen LogP contribution in [0.15, 0.2) is 61.2 Å². The lowest BCUT2D eigenvalue weighted by atomic mass is 10.1. The van der Waals surface area contributed by atoms with Gasteiger partial charge in [-0.3, -0.25) is 4.79 Å². The molecule has 114 valence electrons. The maximum Gasteiger partial charge on any atom is 0.204 e. The lowest BCUT2D eigenvalue weighted by Crippen LogP contribution is -2.00. The van der Waals surface area contributed by atoms with Gasteiger partial charge >= 0.3 is 0 Å². The van der Waals surface area contributed by atoms with Gasteiger partial charge in [0.2, 0.25) is 5.78 Å². The first kappa shape index (κ1) is 15.7. The van der Waals surface area contributed by atoms with Gasteiger partial charge in [0.1, 0.15) is 5.82 Å². The Kier molecular flexibility index (Phi) is 4.42. The average molecular weight is 343 g/mol. The molecule has 23 heavy (non-hydrogen) atoms. The van der Waals surface area contributed by atoms with E-state index >= 15 is 0 Å². The van der Waals surface area contributed by atoms with Gasteiger partial charge in [-0.15, -0.1) is 11.3 Å². The van der Waals surface area contributed by atoms with Gasteiger partial charge in [-0.2, -0.15) is 0 Å². The molecule has 1 nitrogen and oxygen atoms in total. The molecule has 0 radical (unpaired) electrons. The van der Waals surface area contributed by atoms with Gasteiger partial charge in [-0.05, 0) is 47.5 Å². The fourth-order valence-electron chi connectivity index (χ4n) is 2.21. The zero-order valence-electron chi connectivity index (χ0n) is 12.1. The Morgan fingerprint density at radius 3 is 2.52 bits per heavy atom. The molecule has 3 rings (SSSR count). The van der Waals surface area contributed by atoms with E-state index in [1.807, 2.05) is 12.1 Å². The van der Waals surface area contributed by atoms with Crippen LogP contribution >= 0.6 is 22.9 Å². The van der Waals surface area contributed by atoms with E-state index in [0.29, 0.717) is 15.5 Å². The Morgan fingerprint density at radius 1 is 1.09 bits per heavy atom. The minimum atomic E-state index is -0.283. The molecule has 1 heterocycles. The van der Waals surface area contributed by atoms with Crippen molar-refractivity contribution in [3.63, 3.8) is 0 Å². The quantitative estimate of drug-likeness (QED) is 0.525. The van der Waals surface area contributed by atoms with Crippen LogP contribution in [0.25, 0.3) is 16.5 Å². The van der Waals surface area contributed by atoms with E-state index in [0.717, 1.165) is 16.0 Å². The van der Waals surface area contributed by atoms with Crippen LogP contribution in [-0.2, 0) is 0 Å². The van der Waals surface area contributed by atoms with E-state index in [1.165, 1.54) is 23.5 Å². The molecule has 0 aliphatic carbocycles. The van der Waals surface area contributed by atoms with Crippen molar-refractivity contribution >= 4 is 34.8 Å². The third-order valence-corrected chi connectivity index (χ3v) is 4.89. The molecule has 0 spiro atoms. The monoisotopic (exact) mass is 342 g/mol. The summed E-state index contributed by atoms with van der Waals surface area (Å²) < 4.78 is 13.0. The second kappa shape index (κ2) is 6.49. The van der Waals surface area contributed by atoms with Gasteiger partial charge in [-0.25, -0.2) is 4.39 Å². The SMILES string of the molecule is C=Cc1ccc(Cl)c(C(=O)c2ccc(-c3ccc(F)cc3)s2)c1. The first-order chi connectivity index (χ1) is 11.1. The number of carbonyl (C=O) groups excluding carboxylic acids is 1. The predicted molar refractivity (Wildman–Crippen MR) is 94.7 cm³/mol. The van der Waals surface area contributed by atoms with E-state index in [-0.39, 0.29) is 11.6 Å². The first-order valence-corrected chi connectivity index (χ1v) is 8.10. The van der Waals surface area contributed by atoms with Gasteiger partial charge < -0.3 is 0 Å². The number of halogens is 2. The molecule has 0 saturated heterocycles. The normalized spacial score (nSPS) is 10.5. The summed E-state index contributed by atoms with van der Waals surface area (Å²) in [6, 6.07) is 15.1. The standard InChI is InChI=1S/C19H12ClFOS/c1-2-12-3-8-16(20)15(11-12)19(22)18-10-9-17(23-18)13-4-6-14(21)7-5-13/h2-11H,1H2. The molecule has 0 N–H and O–H groups in total. The molecule has 0 amide bonds. The van der Waals surface area contributed by atoms with E-state index in [2.05, 4.69) is 6.58 Å². The Hall–Kier alpha value is -2.23. The molecule has 0 aliphatic rings. The molecule has 0 atom stereocenters. The molecule has 0 fully saturated rings. The summed E-state index contributed by atoms with van der Waals surface area (Å²) >= 11 is 7.51. The Balaban J connectivity index is 1.95. The Morgan fingerprint density at radius 2 is 1.83 bits per heavy atom. The lowest BCUT2D eigenvalue weighted by Gasteiger charge is -2.03. The topological polar surface area (TPSA) is 17.1 Å². The molecule has 2 aromatic carbocycles. The minimum absolute atomic E-state index is 0.128. The highest BCUT2D eigenvalue weighted by Gasteiger charge is 2.16. The number of rotatable bonds is 4. The highest BCUT2D eigenvalue weighted by atomic mass is 35.5. The van der Waals surface area contributed by atoms with Crippen molar-refractivity contribution < 1.29 is 9.18 Å². The Bertz CT molecular complexity index is 881. The van der Waals surface area contributed by atoms with Crippen LogP contribution in [0.5, 0.6) is 0 Å². The third kappa shape index (κ3) is 3.26. The average Bonchev–Trinajstić information content (AvgIpc) is 3.05. The summed E-state index contributed by atoms with van der Waals surface area (Å²) in [6.07, 6.45) is 1.67. The summed E-state index contributed by atoms with van der Waals surface area (Å²) in [5, 5.41) is 0.414. The van der Waals surface area contributed by atoms with E-state index in [9.17, 15) is 9.18 Å². The van der Waals surface area contributed by atoms with Gasteiger partial charge in [0, 0.05) is 10.4 Å². The predicted octanol–water partition coefficient (Wildman–Crippen LogP) is 6.08. The molecule has 3 aromatic rings. The van der Waals surface area contributed by atoms with E-state index < -0.39 is 0 Å². The number of ketones is 1. The first-order valence-electron chi connectivity index (χ1n) is 6.91. The largest absolute Gasteiger partial charge is 0.288 e. The van der Waals surface area contributed by atoms with Crippen molar-refractivity contribution in [2.24, 2.45) is 0 Å².